The number of hydrogen-bond donors (Lipinski definition) is 2. The first kappa shape index (κ1) is 13.2. The van der Waals surface area contributed by atoms with E-state index in [1.807, 2.05) is 13.0 Å². The lowest BCUT2D eigenvalue weighted by Crippen LogP contribution is -2.30. The minimum atomic E-state index is -3.34. The van der Waals surface area contributed by atoms with Crippen molar-refractivity contribution < 1.29 is 13.5 Å². The number of rotatable bonds is 5. The Labute approximate surface area is 96.0 Å². The Morgan fingerprint density at radius 3 is 2.69 bits per heavy atom. The van der Waals surface area contributed by atoms with E-state index in [0.717, 1.165) is 5.56 Å². The summed E-state index contributed by atoms with van der Waals surface area (Å²) in [5.41, 5.74) is 6.51. The summed E-state index contributed by atoms with van der Waals surface area (Å²) < 4.78 is 23.8. The molecule has 0 aliphatic rings. The molecule has 90 valence electrons. The molecule has 1 unspecified atom stereocenters. The minimum Gasteiger partial charge on any atom is -0.396 e. The molecule has 1 aromatic rings. The van der Waals surface area contributed by atoms with Crippen molar-refractivity contribution in [3.05, 3.63) is 29.8 Å². The molecular weight excluding hydrogens is 226 g/mol. The van der Waals surface area contributed by atoms with Gasteiger partial charge in [0.1, 0.15) is 0 Å². The van der Waals surface area contributed by atoms with Crippen LogP contribution in [-0.2, 0) is 9.84 Å². The van der Waals surface area contributed by atoms with Gasteiger partial charge in [-0.25, -0.2) is 8.42 Å². The SMILES string of the molecule is Cc1cccc(S(=O)(=O)CC(N)CCO)c1. The fourth-order valence-electron chi connectivity index (χ4n) is 1.44. The van der Waals surface area contributed by atoms with E-state index in [1.54, 1.807) is 18.2 Å². The van der Waals surface area contributed by atoms with E-state index in [2.05, 4.69) is 0 Å². The first-order valence-electron chi connectivity index (χ1n) is 5.11. The highest BCUT2D eigenvalue weighted by Gasteiger charge is 2.18. The van der Waals surface area contributed by atoms with Gasteiger partial charge in [0.2, 0.25) is 0 Å². The van der Waals surface area contributed by atoms with Crippen molar-refractivity contribution in [1.82, 2.24) is 0 Å². The van der Waals surface area contributed by atoms with Crippen LogP contribution in [0.4, 0.5) is 0 Å². The quantitative estimate of drug-likeness (QED) is 0.788. The zero-order chi connectivity index (χ0) is 12.2. The van der Waals surface area contributed by atoms with E-state index in [-0.39, 0.29) is 12.4 Å². The molecule has 0 amide bonds. The number of aryl methyl sites for hydroxylation is 1. The van der Waals surface area contributed by atoms with E-state index in [0.29, 0.717) is 11.3 Å². The van der Waals surface area contributed by atoms with Gasteiger partial charge in [-0.2, -0.15) is 0 Å². The molecule has 0 fully saturated rings. The number of benzene rings is 1. The number of hydrogen-bond acceptors (Lipinski definition) is 4. The van der Waals surface area contributed by atoms with Crippen molar-refractivity contribution in [3.8, 4) is 0 Å². The molecule has 0 aliphatic carbocycles. The van der Waals surface area contributed by atoms with Gasteiger partial charge in [-0.15, -0.1) is 0 Å². The van der Waals surface area contributed by atoms with Crippen LogP contribution in [0.15, 0.2) is 29.2 Å². The maximum Gasteiger partial charge on any atom is 0.179 e. The third-order valence-electron chi connectivity index (χ3n) is 2.28. The Balaban J connectivity index is 2.86. The fourth-order valence-corrected chi connectivity index (χ4v) is 3.01. The first-order valence-corrected chi connectivity index (χ1v) is 6.77. The van der Waals surface area contributed by atoms with Crippen molar-refractivity contribution in [2.75, 3.05) is 12.4 Å². The van der Waals surface area contributed by atoms with Crippen molar-refractivity contribution in [2.45, 2.75) is 24.3 Å². The summed E-state index contributed by atoms with van der Waals surface area (Å²) in [6, 6.07) is 6.22. The summed E-state index contributed by atoms with van der Waals surface area (Å²) in [5.74, 6) is -0.128. The highest BCUT2D eigenvalue weighted by Crippen LogP contribution is 2.13. The van der Waals surface area contributed by atoms with Crippen LogP contribution >= 0.6 is 0 Å². The Morgan fingerprint density at radius 2 is 2.12 bits per heavy atom. The second kappa shape index (κ2) is 5.43. The predicted octanol–water partition coefficient (Wildman–Crippen LogP) is 0.478. The summed E-state index contributed by atoms with van der Waals surface area (Å²) in [7, 11) is -3.34. The molecule has 0 spiro atoms. The third kappa shape index (κ3) is 3.59. The van der Waals surface area contributed by atoms with E-state index < -0.39 is 15.9 Å². The van der Waals surface area contributed by atoms with Gasteiger partial charge >= 0.3 is 0 Å². The van der Waals surface area contributed by atoms with Crippen LogP contribution in [0.25, 0.3) is 0 Å². The molecule has 0 heterocycles. The normalized spacial score (nSPS) is 13.7. The highest BCUT2D eigenvalue weighted by atomic mass is 32.2. The van der Waals surface area contributed by atoms with Gasteiger partial charge in [-0.1, -0.05) is 12.1 Å². The largest absolute Gasteiger partial charge is 0.396 e. The molecule has 3 N–H and O–H groups in total. The van der Waals surface area contributed by atoms with Crippen LogP contribution < -0.4 is 5.73 Å². The molecule has 0 bridgehead atoms. The molecule has 4 nitrogen and oxygen atoms in total. The van der Waals surface area contributed by atoms with Gasteiger partial charge in [-0.3, -0.25) is 0 Å². The smallest absolute Gasteiger partial charge is 0.179 e. The van der Waals surface area contributed by atoms with Gasteiger partial charge < -0.3 is 10.8 Å². The first-order chi connectivity index (χ1) is 7.45. The molecule has 1 aromatic carbocycles. The summed E-state index contributed by atoms with van der Waals surface area (Å²) in [6.45, 7) is 1.75. The molecule has 0 saturated carbocycles. The maximum absolute atomic E-state index is 11.9. The molecule has 0 aromatic heterocycles. The topological polar surface area (TPSA) is 80.4 Å². The average Bonchev–Trinajstić information content (AvgIpc) is 2.17. The van der Waals surface area contributed by atoms with Crippen LogP contribution in [0.1, 0.15) is 12.0 Å². The van der Waals surface area contributed by atoms with Gasteiger partial charge in [0.25, 0.3) is 0 Å². The van der Waals surface area contributed by atoms with Crippen LogP contribution in [0.5, 0.6) is 0 Å². The highest BCUT2D eigenvalue weighted by molar-refractivity contribution is 7.91. The molecular formula is C11H17NO3S. The summed E-state index contributed by atoms with van der Waals surface area (Å²) in [5, 5.41) is 8.67. The molecule has 0 radical (unpaired) electrons. The molecule has 1 atom stereocenters. The Morgan fingerprint density at radius 1 is 1.44 bits per heavy atom. The number of nitrogens with two attached hydrogens (primary N) is 1. The van der Waals surface area contributed by atoms with E-state index >= 15 is 0 Å². The Hall–Kier alpha value is -0.910. The number of aliphatic hydroxyl groups excluding tert-OH is 1. The minimum absolute atomic E-state index is 0.0928. The monoisotopic (exact) mass is 243 g/mol. The van der Waals surface area contributed by atoms with E-state index in [4.69, 9.17) is 10.8 Å². The van der Waals surface area contributed by atoms with E-state index in [1.165, 1.54) is 0 Å². The van der Waals surface area contributed by atoms with Crippen LogP contribution in [0.2, 0.25) is 0 Å². The summed E-state index contributed by atoms with van der Waals surface area (Å²) in [6.07, 6.45) is 0.297. The lowest BCUT2D eigenvalue weighted by Gasteiger charge is -2.10. The van der Waals surface area contributed by atoms with Crippen molar-refractivity contribution in [1.29, 1.82) is 0 Å². The van der Waals surface area contributed by atoms with Gasteiger partial charge in [0.05, 0.1) is 10.6 Å². The lowest BCUT2D eigenvalue weighted by molar-refractivity contribution is 0.279. The van der Waals surface area contributed by atoms with Crippen LogP contribution in [0, 0.1) is 6.92 Å². The number of sulfone groups is 1. The molecule has 5 heteroatoms. The summed E-state index contributed by atoms with van der Waals surface area (Å²) >= 11 is 0. The second-order valence-corrected chi connectivity index (χ2v) is 5.90. The molecule has 0 aliphatic heterocycles. The standard InChI is InChI=1S/C11H17NO3S/c1-9-3-2-4-11(7-9)16(14,15)8-10(12)5-6-13/h2-4,7,10,13H,5-6,8,12H2,1H3. The Bertz CT molecular complexity index is 442. The summed E-state index contributed by atoms with van der Waals surface area (Å²) in [4.78, 5) is 0.292. The van der Waals surface area contributed by atoms with Gasteiger partial charge in [-0.05, 0) is 31.0 Å². The van der Waals surface area contributed by atoms with Crippen molar-refractivity contribution in [2.24, 2.45) is 5.73 Å². The van der Waals surface area contributed by atoms with Gasteiger partial charge in [0.15, 0.2) is 9.84 Å². The van der Waals surface area contributed by atoms with Crippen molar-refractivity contribution in [3.63, 3.8) is 0 Å². The molecule has 16 heavy (non-hydrogen) atoms. The Kier molecular flexibility index (Phi) is 4.46. The zero-order valence-electron chi connectivity index (χ0n) is 9.26. The van der Waals surface area contributed by atoms with Gasteiger partial charge in [0, 0.05) is 12.6 Å². The third-order valence-corrected chi connectivity index (χ3v) is 4.12. The second-order valence-electron chi connectivity index (χ2n) is 3.87. The van der Waals surface area contributed by atoms with E-state index in [9.17, 15) is 8.42 Å². The predicted molar refractivity (Wildman–Crippen MR) is 62.9 cm³/mol. The fraction of sp³-hybridized carbons (Fsp3) is 0.455. The number of aliphatic hydroxyl groups is 1. The molecule has 0 saturated heterocycles. The molecule has 1 rings (SSSR count). The zero-order valence-corrected chi connectivity index (χ0v) is 10.1. The lowest BCUT2D eigenvalue weighted by atomic mass is 10.2. The van der Waals surface area contributed by atoms with Crippen molar-refractivity contribution >= 4 is 9.84 Å². The van der Waals surface area contributed by atoms with Crippen LogP contribution in [0.3, 0.4) is 0 Å². The maximum atomic E-state index is 11.9. The van der Waals surface area contributed by atoms with Crippen LogP contribution in [-0.4, -0.2) is 31.9 Å². The average molecular weight is 243 g/mol.